The highest BCUT2D eigenvalue weighted by molar-refractivity contribution is 5.31. The Labute approximate surface area is 126 Å². The molecule has 0 aliphatic heterocycles. The lowest BCUT2D eigenvalue weighted by molar-refractivity contribution is 0.152. The number of likely N-dealkylation sites (N-methyl/N-ethyl adjacent to an activating group) is 1. The molecule has 0 radical (unpaired) electrons. The summed E-state index contributed by atoms with van der Waals surface area (Å²) in [6.45, 7) is 2.14. The maximum atomic E-state index is 6.15. The number of benzene rings is 2. The van der Waals surface area contributed by atoms with Crippen molar-refractivity contribution in [3.63, 3.8) is 0 Å². The third-order valence-corrected chi connectivity index (χ3v) is 3.59. The minimum Gasteiger partial charge on any atom is -0.497 e. The van der Waals surface area contributed by atoms with Gasteiger partial charge >= 0.3 is 0 Å². The number of hydrogen-bond donors (Lipinski definition) is 1. The van der Waals surface area contributed by atoms with Crippen LogP contribution >= 0.6 is 0 Å². The highest BCUT2D eigenvalue weighted by Gasteiger charge is 2.21. The van der Waals surface area contributed by atoms with Crippen LogP contribution < -0.4 is 14.8 Å². The van der Waals surface area contributed by atoms with Gasteiger partial charge in [0.25, 0.3) is 0 Å². The molecule has 2 aromatic rings. The van der Waals surface area contributed by atoms with Crippen LogP contribution in [0.25, 0.3) is 0 Å². The second-order valence-corrected chi connectivity index (χ2v) is 4.92. The molecule has 0 heterocycles. The summed E-state index contributed by atoms with van der Waals surface area (Å²) in [5, 5.41) is 3.36. The van der Waals surface area contributed by atoms with E-state index in [4.69, 9.17) is 9.47 Å². The number of ether oxygens (including phenoxy) is 2. The van der Waals surface area contributed by atoms with Gasteiger partial charge in [-0.1, -0.05) is 37.3 Å². The van der Waals surface area contributed by atoms with Crippen molar-refractivity contribution in [2.75, 3.05) is 14.2 Å². The molecule has 0 aromatic heterocycles. The molecule has 3 heteroatoms. The average molecular weight is 285 g/mol. The zero-order valence-corrected chi connectivity index (χ0v) is 12.9. The van der Waals surface area contributed by atoms with Crippen LogP contribution in [0.3, 0.4) is 0 Å². The minimum atomic E-state index is 0.0748. The van der Waals surface area contributed by atoms with E-state index in [2.05, 4.69) is 36.5 Å². The van der Waals surface area contributed by atoms with E-state index in [1.54, 1.807) is 7.11 Å². The summed E-state index contributed by atoms with van der Waals surface area (Å²) in [7, 11) is 3.63. The molecule has 0 spiro atoms. The SMILES string of the molecule is CCC(Oc1ccc(OC)cc1)C(NC)c1ccccc1. The van der Waals surface area contributed by atoms with Crippen LogP contribution in [0.4, 0.5) is 0 Å². The molecule has 0 aliphatic carbocycles. The molecule has 2 atom stereocenters. The third kappa shape index (κ3) is 3.99. The van der Waals surface area contributed by atoms with Gasteiger partial charge in [-0.05, 0) is 43.3 Å². The van der Waals surface area contributed by atoms with Crippen LogP contribution in [-0.4, -0.2) is 20.3 Å². The Morgan fingerprint density at radius 2 is 1.57 bits per heavy atom. The lowest BCUT2D eigenvalue weighted by Crippen LogP contribution is -2.33. The fourth-order valence-corrected chi connectivity index (χ4v) is 2.44. The van der Waals surface area contributed by atoms with Crippen molar-refractivity contribution in [3.8, 4) is 11.5 Å². The molecule has 2 aromatic carbocycles. The molecule has 1 N–H and O–H groups in total. The van der Waals surface area contributed by atoms with Crippen molar-refractivity contribution < 1.29 is 9.47 Å². The first kappa shape index (κ1) is 15.4. The Hall–Kier alpha value is -2.00. The first-order valence-corrected chi connectivity index (χ1v) is 7.31. The highest BCUT2D eigenvalue weighted by atomic mass is 16.5. The van der Waals surface area contributed by atoms with E-state index in [1.165, 1.54) is 5.56 Å². The van der Waals surface area contributed by atoms with E-state index < -0.39 is 0 Å². The summed E-state index contributed by atoms with van der Waals surface area (Å²) in [6, 6.07) is 18.3. The second-order valence-electron chi connectivity index (χ2n) is 4.92. The number of nitrogens with one attached hydrogen (secondary N) is 1. The largest absolute Gasteiger partial charge is 0.497 e. The molecule has 112 valence electrons. The first-order valence-electron chi connectivity index (χ1n) is 7.31. The summed E-state index contributed by atoms with van der Waals surface area (Å²) < 4.78 is 11.3. The summed E-state index contributed by atoms with van der Waals surface area (Å²) in [6.07, 6.45) is 0.998. The molecule has 21 heavy (non-hydrogen) atoms. The molecule has 2 unspecified atom stereocenters. The molecule has 0 bridgehead atoms. The fraction of sp³-hybridized carbons (Fsp3) is 0.333. The first-order chi connectivity index (χ1) is 10.3. The fourth-order valence-electron chi connectivity index (χ4n) is 2.44. The smallest absolute Gasteiger partial charge is 0.120 e. The average Bonchev–Trinajstić information content (AvgIpc) is 2.56. The summed E-state index contributed by atoms with van der Waals surface area (Å²) in [5.74, 6) is 1.70. The lowest BCUT2D eigenvalue weighted by Gasteiger charge is -2.27. The van der Waals surface area contributed by atoms with Crippen molar-refractivity contribution >= 4 is 0 Å². The van der Waals surface area contributed by atoms with Crippen LogP contribution in [0.1, 0.15) is 24.9 Å². The van der Waals surface area contributed by atoms with Gasteiger partial charge in [-0.25, -0.2) is 0 Å². The Balaban J connectivity index is 2.13. The molecule has 0 fully saturated rings. The summed E-state index contributed by atoms with van der Waals surface area (Å²) in [5.41, 5.74) is 1.24. The van der Waals surface area contributed by atoms with Gasteiger partial charge in [0, 0.05) is 0 Å². The Kier molecular flexibility index (Phi) is 5.64. The van der Waals surface area contributed by atoms with E-state index in [1.807, 2.05) is 37.4 Å². The van der Waals surface area contributed by atoms with Gasteiger partial charge < -0.3 is 14.8 Å². The van der Waals surface area contributed by atoms with E-state index >= 15 is 0 Å². The van der Waals surface area contributed by atoms with Crippen molar-refractivity contribution in [2.45, 2.75) is 25.5 Å². The Bertz CT molecular complexity index is 525. The number of methoxy groups -OCH3 is 1. The molecule has 0 saturated heterocycles. The predicted octanol–water partition coefficient (Wildman–Crippen LogP) is 3.81. The van der Waals surface area contributed by atoms with E-state index in [0.29, 0.717) is 0 Å². The van der Waals surface area contributed by atoms with Crippen molar-refractivity contribution in [2.24, 2.45) is 0 Å². The Morgan fingerprint density at radius 3 is 2.10 bits per heavy atom. The second kappa shape index (κ2) is 7.70. The van der Waals surface area contributed by atoms with Gasteiger partial charge in [-0.2, -0.15) is 0 Å². The van der Waals surface area contributed by atoms with Crippen LogP contribution in [0.15, 0.2) is 54.6 Å². The van der Waals surface area contributed by atoms with Crippen molar-refractivity contribution in [1.82, 2.24) is 5.32 Å². The van der Waals surface area contributed by atoms with Crippen molar-refractivity contribution in [1.29, 1.82) is 0 Å². The number of hydrogen-bond acceptors (Lipinski definition) is 3. The van der Waals surface area contributed by atoms with Crippen LogP contribution in [-0.2, 0) is 0 Å². The maximum absolute atomic E-state index is 6.15. The van der Waals surface area contributed by atoms with Gasteiger partial charge in [0.1, 0.15) is 17.6 Å². The lowest BCUT2D eigenvalue weighted by atomic mass is 9.99. The zero-order valence-electron chi connectivity index (χ0n) is 12.9. The van der Waals surface area contributed by atoms with E-state index in [9.17, 15) is 0 Å². The maximum Gasteiger partial charge on any atom is 0.120 e. The summed E-state index contributed by atoms with van der Waals surface area (Å²) >= 11 is 0. The van der Waals surface area contributed by atoms with Crippen LogP contribution in [0.2, 0.25) is 0 Å². The van der Waals surface area contributed by atoms with Gasteiger partial charge in [0.05, 0.1) is 13.2 Å². The minimum absolute atomic E-state index is 0.0748. The standard InChI is InChI=1S/C18H23NO2/c1-4-17(18(19-2)14-8-6-5-7-9-14)21-16-12-10-15(20-3)11-13-16/h5-13,17-19H,4H2,1-3H3. The van der Waals surface area contributed by atoms with Gasteiger partial charge in [0.2, 0.25) is 0 Å². The van der Waals surface area contributed by atoms with Gasteiger partial charge in [0.15, 0.2) is 0 Å². The molecular formula is C18H23NO2. The zero-order chi connectivity index (χ0) is 15.1. The molecule has 2 rings (SSSR count). The molecule has 3 nitrogen and oxygen atoms in total. The molecule has 0 saturated carbocycles. The molecular weight excluding hydrogens is 262 g/mol. The predicted molar refractivity (Wildman–Crippen MR) is 85.9 cm³/mol. The van der Waals surface area contributed by atoms with Crippen molar-refractivity contribution in [3.05, 3.63) is 60.2 Å². The molecule has 0 amide bonds. The van der Waals surface area contributed by atoms with Gasteiger partial charge in [-0.15, -0.1) is 0 Å². The normalized spacial score (nSPS) is 13.5. The number of rotatable bonds is 7. The van der Waals surface area contributed by atoms with Gasteiger partial charge in [-0.3, -0.25) is 0 Å². The van der Waals surface area contributed by atoms with Crippen LogP contribution in [0, 0.1) is 0 Å². The Morgan fingerprint density at radius 1 is 0.952 bits per heavy atom. The monoisotopic (exact) mass is 285 g/mol. The summed E-state index contributed by atoms with van der Waals surface area (Å²) in [4.78, 5) is 0. The van der Waals surface area contributed by atoms with E-state index in [0.717, 1.165) is 17.9 Å². The van der Waals surface area contributed by atoms with Crippen LogP contribution in [0.5, 0.6) is 11.5 Å². The highest BCUT2D eigenvalue weighted by Crippen LogP contribution is 2.25. The topological polar surface area (TPSA) is 30.5 Å². The third-order valence-electron chi connectivity index (χ3n) is 3.59. The molecule has 0 aliphatic rings. The van der Waals surface area contributed by atoms with E-state index in [-0.39, 0.29) is 12.1 Å². The quantitative estimate of drug-likeness (QED) is 0.839.